The summed E-state index contributed by atoms with van der Waals surface area (Å²) in [6.07, 6.45) is 46.1. The molecule has 2 atom stereocenters. The maximum atomic E-state index is 12.4. The Bertz CT molecular complexity index is 1100. The second-order valence-corrected chi connectivity index (χ2v) is 14.8. The minimum atomic E-state index is -4.78. The molecule has 0 saturated heterocycles. The molecule has 0 radical (unpaired) electrons. The van der Waals surface area contributed by atoms with Crippen LogP contribution in [0.25, 0.3) is 0 Å². The van der Waals surface area contributed by atoms with E-state index in [1.807, 2.05) is 19.1 Å². The van der Waals surface area contributed by atoms with Gasteiger partial charge in [0.15, 0.2) is 6.10 Å². The Morgan fingerprint density at radius 3 is 1.51 bits per heavy atom. The lowest BCUT2D eigenvalue weighted by Crippen LogP contribution is -2.29. The van der Waals surface area contributed by atoms with E-state index in [4.69, 9.17) is 19.3 Å². The number of phosphoric acid groups is 1. The molecule has 10 heteroatoms. The summed E-state index contributed by atoms with van der Waals surface area (Å²) in [5.74, 6) is -0.982. The smallest absolute Gasteiger partial charge is 0.462 e. The Morgan fingerprint density at radius 1 is 0.566 bits per heavy atom. The number of unbranched alkanes of at least 4 members (excludes halogenated alkanes) is 12. The molecule has 0 aliphatic heterocycles. The van der Waals surface area contributed by atoms with Crippen LogP contribution in [0.5, 0.6) is 0 Å². The standard InChI is InChI=1S/C43H73O9P/c1-3-4-5-6-7-8-9-10-11-12-15-18-21-24-27-30-33-36-42(45)50-38-41(39-51-53(47,48)49)52-43(46)37-34-31-28-25-22-19-16-13-14-17-20-23-26-29-32-35-40(2)44/h7-8,10-11,14,16-17,19,23,25-26,28,40-41,44H,3-6,9,12-13,15,18,20-22,24,27,29-39H2,1-2H3,(H2,47,48,49)/b8-7-,11-10-,17-14-,19-16-,26-23-,28-25-/t40-,41+/m0/s1. The van der Waals surface area contributed by atoms with Crippen molar-refractivity contribution in [2.45, 2.75) is 174 Å². The molecule has 304 valence electrons. The fourth-order valence-corrected chi connectivity index (χ4v) is 5.54. The first kappa shape index (κ1) is 50.5. The number of hydrogen-bond acceptors (Lipinski definition) is 7. The van der Waals surface area contributed by atoms with Gasteiger partial charge >= 0.3 is 19.8 Å². The summed E-state index contributed by atoms with van der Waals surface area (Å²) in [6, 6.07) is 0. The molecule has 0 aromatic heterocycles. The largest absolute Gasteiger partial charge is 0.469 e. The van der Waals surface area contributed by atoms with Crippen LogP contribution in [0, 0.1) is 0 Å². The molecule has 0 amide bonds. The summed E-state index contributed by atoms with van der Waals surface area (Å²) in [5, 5.41) is 9.25. The normalized spacial score (nSPS) is 13.8. The molecule has 0 aliphatic rings. The van der Waals surface area contributed by atoms with Crippen LogP contribution in [0.15, 0.2) is 72.9 Å². The third-order valence-corrected chi connectivity index (χ3v) is 8.70. The molecule has 0 fully saturated rings. The van der Waals surface area contributed by atoms with Gasteiger partial charge in [0.2, 0.25) is 0 Å². The van der Waals surface area contributed by atoms with E-state index in [1.165, 1.54) is 44.9 Å². The van der Waals surface area contributed by atoms with Gasteiger partial charge in [-0.1, -0.05) is 125 Å². The van der Waals surface area contributed by atoms with Crippen molar-refractivity contribution >= 4 is 19.8 Å². The monoisotopic (exact) mass is 764 g/mol. The fourth-order valence-electron chi connectivity index (χ4n) is 5.18. The number of esters is 2. The highest BCUT2D eigenvalue weighted by atomic mass is 31.2. The Labute approximate surface area is 322 Å². The highest BCUT2D eigenvalue weighted by molar-refractivity contribution is 7.46. The minimum absolute atomic E-state index is 0.119. The van der Waals surface area contributed by atoms with Crippen LogP contribution in [0.3, 0.4) is 0 Å². The SMILES string of the molecule is CCCCC/C=C\C/C=C\CCCCCCCCCC(=O)OC[C@H](COP(=O)(O)O)OC(=O)CCC/C=C\C/C=C\C/C=C\C/C=C\CCC[C@H](C)O. The van der Waals surface area contributed by atoms with Crippen LogP contribution in [-0.4, -0.2) is 52.3 Å². The van der Waals surface area contributed by atoms with Gasteiger partial charge in [-0.2, -0.15) is 0 Å². The molecule has 3 N–H and O–H groups in total. The molecular formula is C43H73O9P. The van der Waals surface area contributed by atoms with Gasteiger partial charge in [-0.3, -0.25) is 14.1 Å². The number of aliphatic hydroxyl groups excluding tert-OH is 1. The van der Waals surface area contributed by atoms with Crippen molar-refractivity contribution in [3.63, 3.8) is 0 Å². The number of phosphoric ester groups is 1. The van der Waals surface area contributed by atoms with Crippen LogP contribution in [0.4, 0.5) is 0 Å². The Morgan fingerprint density at radius 2 is 1.00 bits per heavy atom. The van der Waals surface area contributed by atoms with E-state index < -0.39 is 32.5 Å². The predicted octanol–water partition coefficient (Wildman–Crippen LogP) is 11.3. The number of ether oxygens (including phenoxy) is 2. The van der Waals surface area contributed by atoms with Crippen molar-refractivity contribution < 1.29 is 43.0 Å². The Kier molecular flexibility index (Phi) is 35.9. The van der Waals surface area contributed by atoms with E-state index in [-0.39, 0.29) is 25.6 Å². The van der Waals surface area contributed by atoms with E-state index in [0.717, 1.165) is 70.6 Å². The van der Waals surface area contributed by atoms with E-state index in [9.17, 15) is 19.3 Å². The molecule has 0 rings (SSSR count). The molecule has 0 aliphatic carbocycles. The molecule has 0 aromatic carbocycles. The van der Waals surface area contributed by atoms with Crippen LogP contribution in [0.1, 0.15) is 162 Å². The average Bonchev–Trinajstić information content (AvgIpc) is 3.11. The second-order valence-electron chi connectivity index (χ2n) is 13.5. The van der Waals surface area contributed by atoms with E-state index in [2.05, 4.69) is 72.2 Å². The van der Waals surface area contributed by atoms with E-state index >= 15 is 0 Å². The van der Waals surface area contributed by atoms with Gasteiger partial charge in [-0.05, 0) is 96.8 Å². The summed E-state index contributed by atoms with van der Waals surface area (Å²) >= 11 is 0. The van der Waals surface area contributed by atoms with Crippen molar-refractivity contribution in [3.8, 4) is 0 Å². The first-order chi connectivity index (χ1) is 25.6. The summed E-state index contributed by atoms with van der Waals surface area (Å²) in [4.78, 5) is 42.8. The Hall–Kier alpha value is -2.55. The second kappa shape index (κ2) is 37.8. The predicted molar refractivity (Wildman–Crippen MR) is 217 cm³/mol. The first-order valence-corrected chi connectivity index (χ1v) is 21.8. The topological polar surface area (TPSA) is 140 Å². The van der Waals surface area contributed by atoms with Gasteiger partial charge in [0.1, 0.15) is 6.61 Å². The molecule has 0 aromatic rings. The van der Waals surface area contributed by atoms with Gasteiger partial charge in [-0.25, -0.2) is 4.57 Å². The van der Waals surface area contributed by atoms with Crippen molar-refractivity contribution in [1.29, 1.82) is 0 Å². The fraction of sp³-hybridized carbons (Fsp3) is 0.674. The Balaban J connectivity index is 4.06. The van der Waals surface area contributed by atoms with Crippen LogP contribution >= 0.6 is 7.82 Å². The zero-order valence-corrected chi connectivity index (χ0v) is 33.9. The van der Waals surface area contributed by atoms with Crippen LogP contribution < -0.4 is 0 Å². The third-order valence-electron chi connectivity index (χ3n) is 8.22. The molecule has 0 spiro atoms. The van der Waals surface area contributed by atoms with Gasteiger partial charge in [0.25, 0.3) is 0 Å². The number of allylic oxidation sites excluding steroid dienone is 12. The lowest BCUT2D eigenvalue weighted by molar-refractivity contribution is -0.161. The zero-order valence-electron chi connectivity index (χ0n) is 33.0. The zero-order chi connectivity index (χ0) is 39.1. The number of aliphatic hydroxyl groups is 1. The lowest BCUT2D eigenvalue weighted by Gasteiger charge is -2.18. The van der Waals surface area contributed by atoms with Crippen molar-refractivity contribution in [2.24, 2.45) is 0 Å². The molecule has 0 saturated carbocycles. The molecular weight excluding hydrogens is 691 g/mol. The van der Waals surface area contributed by atoms with Crippen LogP contribution in [0.2, 0.25) is 0 Å². The third kappa shape index (κ3) is 42.1. The molecule has 53 heavy (non-hydrogen) atoms. The van der Waals surface area contributed by atoms with Crippen molar-refractivity contribution in [3.05, 3.63) is 72.9 Å². The molecule has 9 nitrogen and oxygen atoms in total. The lowest BCUT2D eigenvalue weighted by atomic mass is 10.1. The van der Waals surface area contributed by atoms with Gasteiger partial charge in [0, 0.05) is 12.8 Å². The summed E-state index contributed by atoms with van der Waals surface area (Å²) in [5.41, 5.74) is 0. The number of carbonyl (C=O) groups is 2. The number of carbonyl (C=O) groups excluding carboxylic acids is 2. The van der Waals surface area contributed by atoms with Crippen LogP contribution in [-0.2, 0) is 28.2 Å². The highest BCUT2D eigenvalue weighted by Gasteiger charge is 2.22. The summed E-state index contributed by atoms with van der Waals surface area (Å²) < 4.78 is 26.3. The number of rotatable bonds is 36. The quantitative estimate of drug-likeness (QED) is 0.0246. The maximum Gasteiger partial charge on any atom is 0.469 e. The highest BCUT2D eigenvalue weighted by Crippen LogP contribution is 2.36. The van der Waals surface area contributed by atoms with Gasteiger partial charge in [0.05, 0.1) is 12.7 Å². The first-order valence-electron chi connectivity index (χ1n) is 20.3. The molecule has 0 bridgehead atoms. The molecule has 0 heterocycles. The van der Waals surface area contributed by atoms with E-state index in [1.54, 1.807) is 0 Å². The number of hydrogen-bond donors (Lipinski definition) is 3. The van der Waals surface area contributed by atoms with Gasteiger partial charge in [-0.15, -0.1) is 0 Å². The summed E-state index contributed by atoms with van der Waals surface area (Å²) in [7, 11) is -4.78. The average molecular weight is 765 g/mol. The van der Waals surface area contributed by atoms with Crippen molar-refractivity contribution in [1.82, 2.24) is 0 Å². The van der Waals surface area contributed by atoms with Gasteiger partial charge < -0.3 is 24.4 Å². The molecule has 0 unspecified atom stereocenters. The van der Waals surface area contributed by atoms with Crippen molar-refractivity contribution in [2.75, 3.05) is 13.2 Å². The van der Waals surface area contributed by atoms with E-state index in [0.29, 0.717) is 19.3 Å². The summed E-state index contributed by atoms with van der Waals surface area (Å²) in [6.45, 7) is 3.15. The maximum absolute atomic E-state index is 12.4. The minimum Gasteiger partial charge on any atom is -0.462 e.